The Kier molecular flexibility index (Phi) is 5.41. The normalized spacial score (nSPS) is 30.8. The highest BCUT2D eigenvalue weighted by Crippen LogP contribution is 2.51. The lowest BCUT2D eigenvalue weighted by atomic mass is 9.60. The molecule has 3 fully saturated rings. The van der Waals surface area contributed by atoms with E-state index in [9.17, 15) is 9.18 Å². The molecule has 3 heterocycles. The largest absolute Gasteiger partial charge is 0.336 e. The monoisotopic (exact) mass is 418 g/mol. The van der Waals surface area contributed by atoms with Gasteiger partial charge in [-0.2, -0.15) is 0 Å². The number of halogens is 1. The molecule has 1 amide bonds. The van der Waals surface area contributed by atoms with E-state index >= 15 is 0 Å². The number of benzene rings is 1. The second-order valence-electron chi connectivity index (χ2n) is 9.79. The van der Waals surface area contributed by atoms with Crippen molar-refractivity contribution in [1.82, 2.24) is 9.88 Å². The fourth-order valence-corrected chi connectivity index (χ4v) is 6.34. The molecule has 3 unspecified atom stereocenters. The van der Waals surface area contributed by atoms with Crippen LogP contribution in [0.25, 0.3) is 17.2 Å². The summed E-state index contributed by atoms with van der Waals surface area (Å²) < 4.78 is 13.5. The third-order valence-corrected chi connectivity index (χ3v) is 7.97. The molecular weight excluding hydrogens is 387 g/mol. The Labute approximate surface area is 184 Å². The van der Waals surface area contributed by atoms with E-state index in [2.05, 4.69) is 29.0 Å². The lowest BCUT2D eigenvalue weighted by Gasteiger charge is -2.58. The number of rotatable bonds is 3. The zero-order valence-corrected chi connectivity index (χ0v) is 18.3. The number of nitrogens with zero attached hydrogens (tertiary/aromatic N) is 2. The number of pyridine rings is 1. The van der Waals surface area contributed by atoms with Crippen molar-refractivity contribution in [3.63, 3.8) is 0 Å². The van der Waals surface area contributed by atoms with Gasteiger partial charge in [0, 0.05) is 36.2 Å². The molecule has 2 aromatic rings. The average Bonchev–Trinajstić information content (AvgIpc) is 2.78. The van der Waals surface area contributed by atoms with Gasteiger partial charge in [0.2, 0.25) is 5.91 Å². The predicted molar refractivity (Wildman–Crippen MR) is 122 cm³/mol. The quantitative estimate of drug-likeness (QED) is 0.603. The van der Waals surface area contributed by atoms with Crippen LogP contribution in [-0.4, -0.2) is 27.9 Å². The maximum absolute atomic E-state index is 13.5. The van der Waals surface area contributed by atoms with E-state index in [1.54, 1.807) is 6.07 Å². The minimum atomic E-state index is -0.236. The Balaban J connectivity index is 1.41. The van der Waals surface area contributed by atoms with E-state index in [0.717, 1.165) is 36.2 Å². The molecule has 2 saturated heterocycles. The Morgan fingerprint density at radius 2 is 2.00 bits per heavy atom. The number of fused-ring (bicyclic) bond motifs is 2. The van der Waals surface area contributed by atoms with Gasteiger partial charge in [-0.3, -0.25) is 9.78 Å². The Hall–Kier alpha value is -2.49. The first kappa shape index (κ1) is 20.4. The van der Waals surface area contributed by atoms with E-state index in [4.69, 9.17) is 0 Å². The summed E-state index contributed by atoms with van der Waals surface area (Å²) in [6.07, 6.45) is 14.2. The van der Waals surface area contributed by atoms with Crippen LogP contribution in [0, 0.1) is 23.6 Å². The fourth-order valence-electron chi connectivity index (χ4n) is 6.34. The van der Waals surface area contributed by atoms with Gasteiger partial charge in [-0.1, -0.05) is 37.1 Å². The lowest BCUT2D eigenvalue weighted by Crippen LogP contribution is -2.64. The summed E-state index contributed by atoms with van der Waals surface area (Å²) in [7, 11) is 0. The molecule has 4 atom stereocenters. The molecule has 0 radical (unpaired) electrons. The van der Waals surface area contributed by atoms with Crippen molar-refractivity contribution >= 4 is 12.0 Å². The third-order valence-electron chi connectivity index (χ3n) is 7.97. The van der Waals surface area contributed by atoms with Gasteiger partial charge >= 0.3 is 0 Å². The standard InChI is InChI=1S/C27H31FN2O/c1-27-15-5-10-26(31)30(27)18-21-6-2-3-9-24(21)25(27)14-13-23-12-11-20(17-29-23)19-7-4-8-22(28)16-19/h4,7-8,11-14,16-17,21,24-25H,2-3,5-6,9-10,15,18H2,1H3/b14-13+/t21?,24?,25?,27-/m1/s1. The first-order valence-electron chi connectivity index (χ1n) is 11.8. The van der Waals surface area contributed by atoms with E-state index in [1.807, 2.05) is 24.4 Å². The third kappa shape index (κ3) is 3.81. The molecule has 0 N–H and O–H groups in total. The Morgan fingerprint density at radius 3 is 2.81 bits per heavy atom. The summed E-state index contributed by atoms with van der Waals surface area (Å²) in [4.78, 5) is 19.6. The van der Waals surface area contributed by atoms with Crippen LogP contribution in [0.15, 0.2) is 48.7 Å². The van der Waals surface area contributed by atoms with Gasteiger partial charge in [0.1, 0.15) is 5.82 Å². The number of carbonyl (C=O) groups is 1. The van der Waals surface area contributed by atoms with Crippen molar-refractivity contribution in [2.24, 2.45) is 17.8 Å². The van der Waals surface area contributed by atoms with Crippen molar-refractivity contribution in [1.29, 1.82) is 0 Å². The van der Waals surface area contributed by atoms with E-state index in [-0.39, 0.29) is 11.4 Å². The van der Waals surface area contributed by atoms with Crippen LogP contribution >= 0.6 is 0 Å². The van der Waals surface area contributed by atoms with Gasteiger partial charge in [-0.25, -0.2) is 4.39 Å². The van der Waals surface area contributed by atoms with Crippen LogP contribution in [0.2, 0.25) is 0 Å². The minimum Gasteiger partial charge on any atom is -0.336 e. The lowest BCUT2D eigenvalue weighted by molar-refractivity contribution is -0.154. The first-order valence-corrected chi connectivity index (χ1v) is 11.8. The van der Waals surface area contributed by atoms with Gasteiger partial charge in [-0.05, 0) is 74.3 Å². The molecule has 1 aromatic carbocycles. The molecule has 3 nitrogen and oxygen atoms in total. The molecule has 3 aliphatic rings. The molecular formula is C27H31FN2O. The summed E-state index contributed by atoms with van der Waals surface area (Å²) in [6.45, 7) is 3.26. The molecule has 0 bridgehead atoms. The number of hydrogen-bond donors (Lipinski definition) is 0. The van der Waals surface area contributed by atoms with Crippen LogP contribution in [0.1, 0.15) is 57.6 Å². The Bertz CT molecular complexity index is 985. The maximum Gasteiger partial charge on any atom is 0.223 e. The second kappa shape index (κ2) is 8.22. The maximum atomic E-state index is 13.5. The summed E-state index contributed by atoms with van der Waals surface area (Å²) >= 11 is 0. The highest BCUT2D eigenvalue weighted by atomic mass is 19.1. The zero-order chi connectivity index (χ0) is 21.4. The highest BCUT2D eigenvalue weighted by molar-refractivity contribution is 5.78. The van der Waals surface area contributed by atoms with Crippen molar-refractivity contribution in [3.8, 4) is 11.1 Å². The fraction of sp³-hybridized carbons (Fsp3) is 0.481. The van der Waals surface area contributed by atoms with Gasteiger partial charge in [0.25, 0.3) is 0 Å². The molecule has 4 heteroatoms. The number of aromatic nitrogens is 1. The second-order valence-corrected chi connectivity index (χ2v) is 9.79. The average molecular weight is 419 g/mol. The molecule has 1 aliphatic carbocycles. The van der Waals surface area contributed by atoms with E-state index in [0.29, 0.717) is 30.1 Å². The number of piperidine rings is 2. The van der Waals surface area contributed by atoms with Crippen LogP contribution in [0.5, 0.6) is 0 Å². The Morgan fingerprint density at radius 1 is 1.13 bits per heavy atom. The van der Waals surface area contributed by atoms with E-state index in [1.165, 1.54) is 37.8 Å². The predicted octanol–water partition coefficient (Wildman–Crippen LogP) is 6.11. The molecule has 31 heavy (non-hydrogen) atoms. The van der Waals surface area contributed by atoms with Gasteiger partial charge in [0.15, 0.2) is 0 Å². The number of carbonyl (C=O) groups excluding carboxylic acids is 1. The van der Waals surface area contributed by atoms with Crippen LogP contribution in [-0.2, 0) is 4.79 Å². The van der Waals surface area contributed by atoms with Gasteiger partial charge in [0.05, 0.1) is 5.69 Å². The SMILES string of the molecule is C[C@]12CCCC(=O)N1CC1CCCCC1C2/C=C/c1ccc(-c2cccc(F)c2)cn1. The zero-order valence-electron chi connectivity index (χ0n) is 18.3. The molecule has 2 aliphatic heterocycles. The van der Waals surface area contributed by atoms with Crippen LogP contribution in [0.3, 0.4) is 0 Å². The van der Waals surface area contributed by atoms with Crippen LogP contribution in [0.4, 0.5) is 4.39 Å². The molecule has 5 rings (SSSR count). The smallest absolute Gasteiger partial charge is 0.223 e. The number of amides is 1. The van der Waals surface area contributed by atoms with Gasteiger partial charge < -0.3 is 4.90 Å². The van der Waals surface area contributed by atoms with Crippen molar-refractivity contribution in [2.45, 2.75) is 57.4 Å². The summed E-state index contributed by atoms with van der Waals surface area (Å²) in [5.41, 5.74) is 2.59. The highest BCUT2D eigenvalue weighted by Gasteiger charge is 2.52. The van der Waals surface area contributed by atoms with Crippen molar-refractivity contribution < 1.29 is 9.18 Å². The summed E-state index contributed by atoms with van der Waals surface area (Å²) in [5.74, 6) is 1.76. The topological polar surface area (TPSA) is 33.2 Å². The van der Waals surface area contributed by atoms with Crippen molar-refractivity contribution in [3.05, 3.63) is 60.2 Å². The molecule has 1 aromatic heterocycles. The summed E-state index contributed by atoms with van der Waals surface area (Å²) in [6, 6.07) is 10.6. The van der Waals surface area contributed by atoms with E-state index < -0.39 is 0 Å². The molecule has 162 valence electrons. The molecule has 0 spiro atoms. The minimum absolute atomic E-state index is 0.0775. The van der Waals surface area contributed by atoms with Gasteiger partial charge in [-0.15, -0.1) is 0 Å². The van der Waals surface area contributed by atoms with Crippen molar-refractivity contribution in [2.75, 3.05) is 6.54 Å². The molecule has 1 saturated carbocycles. The van der Waals surface area contributed by atoms with Crippen LogP contribution < -0.4 is 0 Å². The first-order chi connectivity index (χ1) is 15.0. The number of hydrogen-bond acceptors (Lipinski definition) is 2. The summed E-state index contributed by atoms with van der Waals surface area (Å²) in [5, 5.41) is 0.